The molecule has 1 atom stereocenters. The Kier molecular flexibility index (Phi) is 3.48. The van der Waals surface area contributed by atoms with Crippen LogP contribution in [0.5, 0.6) is 0 Å². The van der Waals surface area contributed by atoms with Gasteiger partial charge in [-0.3, -0.25) is 0 Å². The van der Waals surface area contributed by atoms with E-state index in [4.69, 9.17) is 11.5 Å². The molecule has 0 fully saturated rings. The molecule has 0 saturated carbocycles. The van der Waals surface area contributed by atoms with Gasteiger partial charge in [-0.1, -0.05) is 12.1 Å². The summed E-state index contributed by atoms with van der Waals surface area (Å²) in [7, 11) is 2.63. The van der Waals surface area contributed by atoms with E-state index >= 15 is 0 Å². The first-order valence-corrected chi connectivity index (χ1v) is 4.37. The number of anilines is 1. The normalized spacial score (nSPS) is 10.3. The average Bonchev–Trinajstić information content (AvgIpc) is 2.03. The lowest BCUT2D eigenvalue weighted by molar-refractivity contribution is 0.743. The summed E-state index contributed by atoms with van der Waals surface area (Å²) in [4.78, 5) is 0. The summed E-state index contributed by atoms with van der Waals surface area (Å²) in [6, 6.07) is 8.00. The zero-order valence-corrected chi connectivity index (χ0v) is 7.98. The molecule has 0 bridgehead atoms. The quantitative estimate of drug-likeness (QED) is 0.451. The smallest absolute Gasteiger partial charge is 0.0699 e. The Labute approximate surface area is 74.7 Å². The van der Waals surface area contributed by atoms with E-state index in [9.17, 15) is 0 Å². The summed E-state index contributed by atoms with van der Waals surface area (Å²) in [5.41, 5.74) is 11.8. The molecule has 1 aromatic carbocycles. The number of hydrogen-bond donors (Lipinski definition) is 3. The van der Waals surface area contributed by atoms with Crippen LogP contribution in [0.4, 0.5) is 5.69 Å². The van der Waals surface area contributed by atoms with Crippen LogP contribution in [0.1, 0.15) is 0 Å². The maximum Gasteiger partial charge on any atom is 0.0699 e. The maximum atomic E-state index is 5.38. The summed E-state index contributed by atoms with van der Waals surface area (Å²) in [6.07, 6.45) is -0.305. The molecular weight excluding hydrogens is 169 g/mol. The van der Waals surface area contributed by atoms with E-state index in [1.54, 1.807) is 0 Å². The second-order valence-electron chi connectivity index (χ2n) is 2.67. The first kappa shape index (κ1) is 9.46. The van der Waals surface area contributed by atoms with E-state index < -0.39 is 0 Å². The fraction of sp³-hybridized carbons (Fsp3) is 0.250. The average molecular weight is 183 g/mol. The molecule has 1 unspecified atom stereocenters. The zero-order valence-electron chi connectivity index (χ0n) is 6.83. The van der Waals surface area contributed by atoms with Crippen molar-refractivity contribution >= 4 is 20.2 Å². The van der Waals surface area contributed by atoms with Crippen LogP contribution in [0.15, 0.2) is 24.3 Å². The molecule has 0 saturated heterocycles. The van der Waals surface area contributed by atoms with Gasteiger partial charge in [-0.15, -0.1) is 9.24 Å². The van der Waals surface area contributed by atoms with Gasteiger partial charge < -0.3 is 16.8 Å². The lowest BCUT2D eigenvalue weighted by atomic mass is 10.3. The van der Waals surface area contributed by atoms with Crippen LogP contribution in [0.3, 0.4) is 0 Å². The molecule has 4 heteroatoms. The van der Waals surface area contributed by atoms with Crippen molar-refractivity contribution in [1.82, 2.24) is 0 Å². The molecule has 1 aromatic rings. The minimum absolute atomic E-state index is 0.305. The molecule has 3 nitrogen and oxygen atoms in total. The minimum atomic E-state index is -0.305. The molecule has 66 valence electrons. The monoisotopic (exact) mass is 183 g/mol. The maximum absolute atomic E-state index is 5.38. The van der Waals surface area contributed by atoms with Crippen molar-refractivity contribution in [1.29, 1.82) is 0 Å². The molecule has 0 spiro atoms. The highest BCUT2D eigenvalue weighted by Gasteiger charge is 1.93. The van der Waals surface area contributed by atoms with E-state index in [2.05, 4.69) is 14.6 Å². The van der Waals surface area contributed by atoms with Crippen molar-refractivity contribution in [3.63, 3.8) is 0 Å². The number of benzene rings is 1. The summed E-state index contributed by atoms with van der Waals surface area (Å²) in [5.74, 6) is 0. The molecule has 1 rings (SSSR count). The van der Waals surface area contributed by atoms with E-state index in [1.807, 2.05) is 24.3 Å². The Morgan fingerprint density at radius 3 is 2.33 bits per heavy atom. The third kappa shape index (κ3) is 3.18. The predicted octanol–water partition coefficient (Wildman–Crippen LogP) is -0.158. The molecule has 0 aliphatic heterocycles. The van der Waals surface area contributed by atoms with Gasteiger partial charge in [0.05, 0.1) is 6.17 Å². The Bertz CT molecular complexity index is 233. The Morgan fingerprint density at radius 1 is 1.25 bits per heavy atom. The molecule has 0 aliphatic rings. The van der Waals surface area contributed by atoms with Gasteiger partial charge in [-0.25, -0.2) is 0 Å². The molecule has 0 amide bonds. The van der Waals surface area contributed by atoms with Gasteiger partial charge >= 0.3 is 0 Å². The van der Waals surface area contributed by atoms with Gasteiger partial charge in [-0.05, 0) is 17.4 Å². The van der Waals surface area contributed by atoms with E-state index in [0.717, 1.165) is 11.0 Å². The van der Waals surface area contributed by atoms with Crippen LogP contribution in [-0.4, -0.2) is 12.7 Å². The van der Waals surface area contributed by atoms with Crippen molar-refractivity contribution in [3.8, 4) is 0 Å². The van der Waals surface area contributed by atoms with Gasteiger partial charge in [0.15, 0.2) is 0 Å². The molecule has 0 heterocycles. The first-order chi connectivity index (χ1) is 5.68. The predicted molar refractivity (Wildman–Crippen MR) is 56.4 cm³/mol. The molecular formula is C8H14N3P. The molecule has 0 aromatic heterocycles. The van der Waals surface area contributed by atoms with Gasteiger partial charge in [0, 0.05) is 12.2 Å². The number of nitrogens with one attached hydrogen (secondary N) is 1. The van der Waals surface area contributed by atoms with Crippen molar-refractivity contribution in [2.45, 2.75) is 6.17 Å². The highest BCUT2D eigenvalue weighted by atomic mass is 31.0. The Hall–Kier alpha value is -0.630. The Balaban J connectivity index is 2.48. The first-order valence-electron chi connectivity index (χ1n) is 3.79. The number of rotatable bonds is 3. The highest BCUT2D eigenvalue weighted by Crippen LogP contribution is 2.04. The fourth-order valence-corrected chi connectivity index (χ4v) is 1.03. The minimum Gasteiger partial charge on any atom is -0.382 e. The molecule has 0 radical (unpaired) electrons. The van der Waals surface area contributed by atoms with Crippen molar-refractivity contribution in [2.24, 2.45) is 11.5 Å². The van der Waals surface area contributed by atoms with Gasteiger partial charge in [0.25, 0.3) is 0 Å². The SMILES string of the molecule is NC(N)CNc1ccc(P)cc1. The van der Waals surface area contributed by atoms with Gasteiger partial charge in [-0.2, -0.15) is 0 Å². The summed E-state index contributed by atoms with van der Waals surface area (Å²) in [6.45, 7) is 0.593. The van der Waals surface area contributed by atoms with Crippen LogP contribution in [0.25, 0.3) is 0 Å². The van der Waals surface area contributed by atoms with E-state index in [0.29, 0.717) is 6.54 Å². The standard InChI is InChI=1S/C8H14N3P/c9-8(10)5-11-6-1-3-7(12)4-2-6/h1-4,8,11H,5,9-10,12H2. The second-order valence-corrected chi connectivity index (χ2v) is 3.33. The van der Waals surface area contributed by atoms with Crippen LogP contribution in [0, 0.1) is 0 Å². The van der Waals surface area contributed by atoms with Gasteiger partial charge in [0.2, 0.25) is 0 Å². The van der Waals surface area contributed by atoms with Crippen LogP contribution >= 0.6 is 9.24 Å². The topological polar surface area (TPSA) is 64.1 Å². The third-order valence-electron chi connectivity index (χ3n) is 1.45. The fourth-order valence-electron chi connectivity index (χ4n) is 0.837. The second kappa shape index (κ2) is 4.41. The van der Waals surface area contributed by atoms with Crippen LogP contribution in [0.2, 0.25) is 0 Å². The summed E-state index contributed by atoms with van der Waals surface area (Å²) < 4.78 is 0. The van der Waals surface area contributed by atoms with Crippen molar-refractivity contribution in [2.75, 3.05) is 11.9 Å². The van der Waals surface area contributed by atoms with E-state index in [1.165, 1.54) is 0 Å². The van der Waals surface area contributed by atoms with Crippen molar-refractivity contribution < 1.29 is 0 Å². The highest BCUT2D eigenvalue weighted by molar-refractivity contribution is 7.27. The summed E-state index contributed by atoms with van der Waals surface area (Å²) in [5, 5.41) is 4.28. The lowest BCUT2D eigenvalue weighted by Gasteiger charge is -2.08. The van der Waals surface area contributed by atoms with Crippen molar-refractivity contribution in [3.05, 3.63) is 24.3 Å². The molecule has 5 N–H and O–H groups in total. The number of hydrogen-bond acceptors (Lipinski definition) is 3. The number of nitrogens with two attached hydrogens (primary N) is 2. The van der Waals surface area contributed by atoms with Crippen LogP contribution < -0.4 is 22.1 Å². The van der Waals surface area contributed by atoms with Crippen LogP contribution in [-0.2, 0) is 0 Å². The van der Waals surface area contributed by atoms with Gasteiger partial charge in [0.1, 0.15) is 0 Å². The largest absolute Gasteiger partial charge is 0.382 e. The summed E-state index contributed by atoms with van der Waals surface area (Å²) >= 11 is 0. The zero-order chi connectivity index (χ0) is 8.97. The molecule has 12 heavy (non-hydrogen) atoms. The van der Waals surface area contributed by atoms with E-state index in [-0.39, 0.29) is 6.17 Å². The molecule has 0 aliphatic carbocycles. The lowest BCUT2D eigenvalue weighted by Crippen LogP contribution is -2.37. The Morgan fingerprint density at radius 2 is 1.83 bits per heavy atom. The third-order valence-corrected chi connectivity index (χ3v) is 1.84.